The van der Waals surface area contributed by atoms with Crippen LogP contribution in [0.5, 0.6) is 11.5 Å². The second-order valence-corrected chi connectivity index (χ2v) is 5.94. The van der Waals surface area contributed by atoms with Crippen LogP contribution in [0.25, 0.3) is 6.08 Å². The fraction of sp³-hybridized carbons (Fsp3) is 0.238. The van der Waals surface area contributed by atoms with Crippen LogP contribution in [-0.2, 0) is 20.9 Å². The average molecular weight is 387 g/mol. The van der Waals surface area contributed by atoms with Crippen molar-refractivity contribution in [1.29, 1.82) is 0 Å². The van der Waals surface area contributed by atoms with E-state index in [1.54, 1.807) is 43.5 Å². The van der Waals surface area contributed by atoms with Gasteiger partial charge in [0.15, 0.2) is 18.1 Å². The van der Waals surface area contributed by atoms with Crippen LogP contribution in [0.2, 0.25) is 0 Å². The summed E-state index contributed by atoms with van der Waals surface area (Å²) in [6.45, 7) is 0.0773. The molecular formula is C21H22FNO5. The van der Waals surface area contributed by atoms with Crippen LogP contribution in [0.15, 0.2) is 48.5 Å². The Morgan fingerprint density at radius 2 is 1.89 bits per heavy atom. The van der Waals surface area contributed by atoms with Crippen molar-refractivity contribution in [1.82, 2.24) is 4.90 Å². The Hall–Kier alpha value is -3.35. The molecule has 0 aliphatic heterocycles. The van der Waals surface area contributed by atoms with E-state index < -0.39 is 5.97 Å². The van der Waals surface area contributed by atoms with Crippen LogP contribution in [0.1, 0.15) is 11.1 Å². The minimum atomic E-state index is -0.466. The van der Waals surface area contributed by atoms with Crippen LogP contribution in [-0.4, -0.2) is 44.7 Å². The summed E-state index contributed by atoms with van der Waals surface area (Å²) in [4.78, 5) is 24.9. The first-order valence-electron chi connectivity index (χ1n) is 8.48. The maximum absolute atomic E-state index is 13.3. The summed E-state index contributed by atoms with van der Waals surface area (Å²) in [7, 11) is 4.40. The van der Waals surface area contributed by atoms with Gasteiger partial charge in [0.25, 0.3) is 5.91 Å². The molecule has 0 aliphatic rings. The first-order chi connectivity index (χ1) is 13.4. The van der Waals surface area contributed by atoms with E-state index in [1.807, 2.05) is 0 Å². The number of esters is 1. The lowest BCUT2D eigenvalue weighted by molar-refractivity contribution is -0.135. The van der Waals surface area contributed by atoms with Gasteiger partial charge in [-0.2, -0.15) is 0 Å². The highest BCUT2D eigenvalue weighted by molar-refractivity contribution is 5.87. The summed E-state index contributed by atoms with van der Waals surface area (Å²) in [5, 5.41) is 0. The van der Waals surface area contributed by atoms with Crippen molar-refractivity contribution in [2.45, 2.75) is 6.54 Å². The Bertz CT molecular complexity index is 866. The van der Waals surface area contributed by atoms with Gasteiger partial charge in [-0.1, -0.05) is 18.2 Å². The zero-order chi connectivity index (χ0) is 20.5. The monoisotopic (exact) mass is 387 g/mol. The standard InChI is InChI=1S/C21H22FNO5/c1-23(13-16-5-4-6-17(22)11-16)20(24)14-28-18-9-7-15(12-19(18)26-2)8-10-21(25)27-3/h4-12H,13-14H2,1-3H3/b10-8+. The SMILES string of the molecule is COC(=O)/C=C/c1ccc(OCC(=O)N(C)Cc2cccc(F)c2)c(OC)c1. The number of carbonyl (C=O) groups is 2. The van der Waals surface area contributed by atoms with E-state index in [-0.39, 0.29) is 24.9 Å². The second kappa shape index (κ2) is 10.1. The van der Waals surface area contributed by atoms with Crippen molar-refractivity contribution in [2.24, 2.45) is 0 Å². The maximum atomic E-state index is 13.3. The quantitative estimate of drug-likeness (QED) is 0.515. The van der Waals surface area contributed by atoms with Crippen LogP contribution < -0.4 is 9.47 Å². The van der Waals surface area contributed by atoms with E-state index >= 15 is 0 Å². The van der Waals surface area contributed by atoms with Gasteiger partial charge in [0, 0.05) is 19.7 Å². The average Bonchev–Trinajstić information content (AvgIpc) is 2.70. The third kappa shape index (κ3) is 6.12. The predicted molar refractivity (Wildman–Crippen MR) is 102 cm³/mol. The minimum absolute atomic E-state index is 0.195. The number of amides is 1. The molecule has 2 aromatic rings. The van der Waals surface area contributed by atoms with Crippen LogP contribution >= 0.6 is 0 Å². The van der Waals surface area contributed by atoms with Gasteiger partial charge in [0.05, 0.1) is 14.2 Å². The van der Waals surface area contributed by atoms with Crippen LogP contribution in [0, 0.1) is 5.82 Å². The molecule has 0 spiro atoms. The van der Waals surface area contributed by atoms with Crippen molar-refractivity contribution in [3.05, 3.63) is 65.5 Å². The van der Waals surface area contributed by atoms with Gasteiger partial charge in [-0.05, 0) is 41.5 Å². The lowest BCUT2D eigenvalue weighted by atomic mass is 10.2. The molecule has 0 aliphatic carbocycles. The number of halogens is 1. The molecule has 0 radical (unpaired) electrons. The van der Waals surface area contributed by atoms with Crippen molar-refractivity contribution in [3.8, 4) is 11.5 Å². The molecule has 28 heavy (non-hydrogen) atoms. The van der Waals surface area contributed by atoms with Gasteiger partial charge < -0.3 is 19.1 Å². The van der Waals surface area contributed by atoms with E-state index in [9.17, 15) is 14.0 Å². The first kappa shape index (κ1) is 21.0. The minimum Gasteiger partial charge on any atom is -0.493 e. The summed E-state index contributed by atoms with van der Waals surface area (Å²) in [6.07, 6.45) is 2.87. The zero-order valence-corrected chi connectivity index (χ0v) is 16.0. The first-order valence-corrected chi connectivity index (χ1v) is 8.48. The Labute approximate surface area is 163 Å². The lowest BCUT2D eigenvalue weighted by Gasteiger charge is -2.18. The Kier molecular flexibility index (Phi) is 7.56. The molecule has 0 heterocycles. The lowest BCUT2D eigenvalue weighted by Crippen LogP contribution is -2.31. The number of methoxy groups -OCH3 is 2. The van der Waals surface area contributed by atoms with E-state index in [0.29, 0.717) is 22.6 Å². The molecule has 0 atom stereocenters. The summed E-state index contributed by atoms with van der Waals surface area (Å²) in [5.41, 5.74) is 1.40. The third-order valence-corrected chi connectivity index (χ3v) is 3.89. The van der Waals surface area contributed by atoms with Crippen molar-refractivity contribution in [3.63, 3.8) is 0 Å². The molecule has 0 fully saturated rings. The number of ether oxygens (including phenoxy) is 3. The van der Waals surface area contributed by atoms with E-state index in [4.69, 9.17) is 9.47 Å². The van der Waals surface area contributed by atoms with Gasteiger partial charge >= 0.3 is 5.97 Å². The van der Waals surface area contributed by atoms with Gasteiger partial charge in [0.2, 0.25) is 0 Å². The number of carbonyl (C=O) groups excluding carboxylic acids is 2. The van der Waals surface area contributed by atoms with E-state index in [1.165, 1.54) is 37.3 Å². The van der Waals surface area contributed by atoms with Crippen LogP contribution in [0.3, 0.4) is 0 Å². The number of hydrogen-bond acceptors (Lipinski definition) is 5. The Morgan fingerprint density at radius 3 is 2.57 bits per heavy atom. The fourth-order valence-electron chi connectivity index (χ4n) is 2.39. The van der Waals surface area contributed by atoms with Crippen LogP contribution in [0.4, 0.5) is 4.39 Å². The van der Waals surface area contributed by atoms with Crippen molar-refractivity contribution < 1.29 is 28.2 Å². The molecule has 6 nitrogen and oxygen atoms in total. The molecule has 0 saturated heterocycles. The molecule has 148 valence electrons. The number of likely N-dealkylation sites (N-methyl/N-ethyl adjacent to an activating group) is 1. The number of nitrogens with zero attached hydrogens (tertiary/aromatic N) is 1. The highest BCUT2D eigenvalue weighted by Crippen LogP contribution is 2.28. The molecule has 2 rings (SSSR count). The van der Waals surface area contributed by atoms with Gasteiger partial charge in [-0.3, -0.25) is 4.79 Å². The number of benzene rings is 2. The Balaban J connectivity index is 1.97. The molecular weight excluding hydrogens is 365 g/mol. The second-order valence-electron chi connectivity index (χ2n) is 5.94. The largest absolute Gasteiger partial charge is 0.493 e. The Morgan fingerprint density at radius 1 is 1.11 bits per heavy atom. The predicted octanol–water partition coefficient (Wildman–Crippen LogP) is 3.06. The van der Waals surface area contributed by atoms with Gasteiger partial charge in [0.1, 0.15) is 5.82 Å². The van der Waals surface area contributed by atoms with E-state index in [0.717, 1.165) is 0 Å². The number of rotatable bonds is 8. The highest BCUT2D eigenvalue weighted by Gasteiger charge is 2.13. The summed E-state index contributed by atoms with van der Waals surface area (Å²) < 4.78 is 28.6. The number of hydrogen-bond donors (Lipinski definition) is 0. The summed E-state index contributed by atoms with van der Waals surface area (Å²) in [5.74, 6) is -0.259. The molecule has 0 bridgehead atoms. The zero-order valence-electron chi connectivity index (χ0n) is 16.0. The molecule has 0 N–H and O–H groups in total. The molecule has 7 heteroatoms. The third-order valence-electron chi connectivity index (χ3n) is 3.89. The summed E-state index contributed by atoms with van der Waals surface area (Å²) >= 11 is 0. The van der Waals surface area contributed by atoms with E-state index in [2.05, 4.69) is 4.74 Å². The molecule has 0 aromatic heterocycles. The normalized spacial score (nSPS) is 10.6. The highest BCUT2D eigenvalue weighted by atomic mass is 19.1. The molecule has 0 unspecified atom stereocenters. The van der Waals surface area contributed by atoms with Gasteiger partial charge in [-0.25, -0.2) is 9.18 Å². The molecule has 0 saturated carbocycles. The smallest absolute Gasteiger partial charge is 0.330 e. The fourth-order valence-corrected chi connectivity index (χ4v) is 2.39. The van der Waals surface area contributed by atoms with Gasteiger partial charge in [-0.15, -0.1) is 0 Å². The maximum Gasteiger partial charge on any atom is 0.330 e. The van der Waals surface area contributed by atoms with Crippen molar-refractivity contribution in [2.75, 3.05) is 27.9 Å². The molecule has 2 aromatic carbocycles. The molecule has 1 amide bonds. The summed E-state index contributed by atoms with van der Waals surface area (Å²) in [6, 6.07) is 11.1. The topological polar surface area (TPSA) is 65.1 Å². The van der Waals surface area contributed by atoms with Crippen molar-refractivity contribution >= 4 is 18.0 Å².